The average molecular weight is 156 g/mol. The fourth-order valence-corrected chi connectivity index (χ4v) is 1.39. The van der Waals surface area contributed by atoms with Crippen LogP contribution < -0.4 is 5.73 Å². The number of nitrogens with two attached hydrogens (primary N) is 1. The number of hydrogen-bond acceptors (Lipinski definition) is 2. The molecule has 0 radical (unpaired) electrons. The molecule has 0 amide bonds. The van der Waals surface area contributed by atoms with Crippen molar-refractivity contribution < 1.29 is 0 Å². The molecule has 1 aromatic rings. The molecule has 10 heavy (non-hydrogen) atoms. The van der Waals surface area contributed by atoms with Gasteiger partial charge < -0.3 is 10.7 Å². The zero-order valence-electron chi connectivity index (χ0n) is 6.00. The van der Waals surface area contributed by atoms with Crippen molar-refractivity contribution in [1.29, 1.82) is 0 Å². The van der Waals surface area contributed by atoms with E-state index in [9.17, 15) is 0 Å². The molecular weight excluding hydrogens is 144 g/mol. The predicted molar refractivity (Wildman–Crippen MR) is 46.1 cm³/mol. The summed E-state index contributed by atoms with van der Waals surface area (Å²) in [6, 6.07) is 2.20. The lowest BCUT2D eigenvalue weighted by molar-refractivity contribution is 0.834. The second-order valence-electron chi connectivity index (χ2n) is 2.21. The van der Waals surface area contributed by atoms with Gasteiger partial charge in [0.05, 0.1) is 0 Å². The molecule has 0 saturated carbocycles. The van der Waals surface area contributed by atoms with E-state index in [1.807, 2.05) is 18.5 Å². The first-order valence-electron chi connectivity index (χ1n) is 3.22. The second-order valence-corrected chi connectivity index (χ2v) is 3.12. The van der Waals surface area contributed by atoms with Gasteiger partial charge in [-0.2, -0.15) is 11.8 Å². The molecule has 2 nitrogen and oxygen atoms in total. The highest BCUT2D eigenvalue weighted by molar-refractivity contribution is 7.98. The topological polar surface area (TPSA) is 41.8 Å². The lowest BCUT2D eigenvalue weighted by Crippen LogP contribution is -2.11. The number of aromatic amines is 1. The van der Waals surface area contributed by atoms with Crippen LogP contribution in [0.25, 0.3) is 0 Å². The first kappa shape index (κ1) is 7.69. The van der Waals surface area contributed by atoms with Gasteiger partial charge in [-0.15, -0.1) is 0 Å². The molecule has 0 aliphatic heterocycles. The van der Waals surface area contributed by atoms with E-state index in [4.69, 9.17) is 5.73 Å². The molecule has 1 unspecified atom stereocenters. The van der Waals surface area contributed by atoms with Gasteiger partial charge in [-0.25, -0.2) is 0 Å². The van der Waals surface area contributed by atoms with Crippen molar-refractivity contribution in [1.82, 2.24) is 4.98 Å². The molecule has 3 N–H and O–H groups in total. The summed E-state index contributed by atoms with van der Waals surface area (Å²) < 4.78 is 0. The van der Waals surface area contributed by atoms with E-state index in [1.165, 1.54) is 5.56 Å². The van der Waals surface area contributed by atoms with E-state index in [-0.39, 0.29) is 6.04 Å². The molecule has 1 rings (SSSR count). The molecule has 0 bridgehead atoms. The van der Waals surface area contributed by atoms with Crippen LogP contribution in [0.15, 0.2) is 18.5 Å². The second kappa shape index (κ2) is 3.68. The Labute approximate surface area is 65.2 Å². The highest BCUT2D eigenvalue weighted by Crippen LogP contribution is 2.12. The zero-order chi connectivity index (χ0) is 7.40. The maximum atomic E-state index is 5.81. The van der Waals surface area contributed by atoms with Gasteiger partial charge >= 0.3 is 0 Å². The molecule has 56 valence electrons. The van der Waals surface area contributed by atoms with Crippen molar-refractivity contribution in [2.75, 3.05) is 12.0 Å². The van der Waals surface area contributed by atoms with Gasteiger partial charge in [0.25, 0.3) is 0 Å². The molecule has 0 spiro atoms. The Morgan fingerprint density at radius 1 is 1.80 bits per heavy atom. The number of H-pyrrole nitrogens is 1. The molecule has 1 heterocycles. The van der Waals surface area contributed by atoms with Crippen molar-refractivity contribution in [2.24, 2.45) is 5.73 Å². The molecule has 1 aromatic heterocycles. The number of thioether (sulfide) groups is 1. The minimum Gasteiger partial charge on any atom is -0.367 e. The van der Waals surface area contributed by atoms with Crippen LogP contribution in [0.1, 0.15) is 11.6 Å². The molecule has 3 heteroatoms. The van der Waals surface area contributed by atoms with Crippen LogP contribution in [0.4, 0.5) is 0 Å². The van der Waals surface area contributed by atoms with Gasteiger partial charge in [-0.3, -0.25) is 0 Å². The Morgan fingerprint density at radius 2 is 2.60 bits per heavy atom. The zero-order valence-corrected chi connectivity index (χ0v) is 6.82. The van der Waals surface area contributed by atoms with E-state index in [0.717, 1.165) is 5.75 Å². The summed E-state index contributed by atoms with van der Waals surface area (Å²) >= 11 is 1.77. The van der Waals surface area contributed by atoms with Gasteiger partial charge in [0.15, 0.2) is 0 Å². The Balaban J connectivity index is 2.50. The summed E-state index contributed by atoms with van der Waals surface area (Å²) in [4.78, 5) is 2.98. The molecule has 0 aromatic carbocycles. The molecule has 0 aliphatic carbocycles. The molecule has 0 aliphatic rings. The maximum Gasteiger partial charge on any atom is 0.0401 e. The Bertz CT molecular complexity index is 172. The summed E-state index contributed by atoms with van der Waals surface area (Å²) in [6.07, 6.45) is 5.91. The number of hydrogen-bond donors (Lipinski definition) is 2. The Kier molecular flexibility index (Phi) is 2.83. The third-order valence-electron chi connectivity index (χ3n) is 1.40. The minimum atomic E-state index is 0.182. The minimum absolute atomic E-state index is 0.182. The van der Waals surface area contributed by atoms with E-state index in [2.05, 4.69) is 11.2 Å². The molecule has 0 saturated heterocycles. The van der Waals surface area contributed by atoms with E-state index >= 15 is 0 Å². The van der Waals surface area contributed by atoms with Crippen LogP contribution in [0, 0.1) is 0 Å². The SMILES string of the molecule is CSCC(N)c1cc[nH]c1. The Hall–Kier alpha value is -0.410. The number of aromatic nitrogens is 1. The van der Waals surface area contributed by atoms with Crippen LogP contribution >= 0.6 is 11.8 Å². The fourth-order valence-electron chi connectivity index (χ4n) is 0.843. The normalized spacial score (nSPS) is 13.4. The summed E-state index contributed by atoms with van der Waals surface area (Å²) in [6.45, 7) is 0. The third kappa shape index (κ3) is 1.78. The highest BCUT2D eigenvalue weighted by Gasteiger charge is 2.03. The van der Waals surface area contributed by atoms with Crippen LogP contribution in [-0.4, -0.2) is 17.0 Å². The van der Waals surface area contributed by atoms with Gasteiger partial charge in [-0.05, 0) is 17.9 Å². The monoisotopic (exact) mass is 156 g/mol. The van der Waals surface area contributed by atoms with Gasteiger partial charge in [0.1, 0.15) is 0 Å². The highest BCUT2D eigenvalue weighted by atomic mass is 32.2. The van der Waals surface area contributed by atoms with Crippen molar-refractivity contribution in [3.05, 3.63) is 24.0 Å². The molecular formula is C7H12N2S. The van der Waals surface area contributed by atoms with Crippen molar-refractivity contribution in [2.45, 2.75) is 6.04 Å². The molecule has 0 fully saturated rings. The van der Waals surface area contributed by atoms with Crippen LogP contribution in [-0.2, 0) is 0 Å². The largest absolute Gasteiger partial charge is 0.367 e. The van der Waals surface area contributed by atoms with Crippen LogP contribution in [0.2, 0.25) is 0 Å². The standard InChI is InChI=1S/C7H12N2S/c1-10-5-7(8)6-2-3-9-4-6/h2-4,7,9H,5,8H2,1H3. The smallest absolute Gasteiger partial charge is 0.0401 e. The summed E-state index contributed by atoms with van der Waals surface area (Å²) in [5.74, 6) is 0.984. The maximum absolute atomic E-state index is 5.81. The van der Waals surface area contributed by atoms with Gasteiger partial charge in [0, 0.05) is 24.2 Å². The van der Waals surface area contributed by atoms with Crippen LogP contribution in [0.3, 0.4) is 0 Å². The van der Waals surface area contributed by atoms with Crippen molar-refractivity contribution in [3.8, 4) is 0 Å². The van der Waals surface area contributed by atoms with Gasteiger partial charge in [-0.1, -0.05) is 0 Å². The summed E-state index contributed by atoms with van der Waals surface area (Å²) in [5.41, 5.74) is 7.00. The van der Waals surface area contributed by atoms with Crippen molar-refractivity contribution >= 4 is 11.8 Å². The van der Waals surface area contributed by atoms with Gasteiger partial charge in [0.2, 0.25) is 0 Å². The quantitative estimate of drug-likeness (QED) is 0.694. The molecule has 1 atom stereocenters. The summed E-state index contributed by atoms with van der Waals surface area (Å²) in [5, 5.41) is 0. The lowest BCUT2D eigenvalue weighted by atomic mass is 10.2. The van der Waals surface area contributed by atoms with E-state index in [1.54, 1.807) is 11.8 Å². The first-order chi connectivity index (χ1) is 4.84. The van der Waals surface area contributed by atoms with Crippen LogP contribution in [0.5, 0.6) is 0 Å². The predicted octanol–water partition coefficient (Wildman–Crippen LogP) is 1.38. The number of nitrogens with one attached hydrogen (secondary N) is 1. The summed E-state index contributed by atoms with van der Waals surface area (Å²) in [7, 11) is 0. The fraction of sp³-hybridized carbons (Fsp3) is 0.429. The average Bonchev–Trinajstić information content (AvgIpc) is 2.38. The number of rotatable bonds is 3. The Morgan fingerprint density at radius 3 is 3.10 bits per heavy atom. The van der Waals surface area contributed by atoms with Crippen molar-refractivity contribution in [3.63, 3.8) is 0 Å². The lowest BCUT2D eigenvalue weighted by Gasteiger charge is -2.05. The van der Waals surface area contributed by atoms with E-state index in [0.29, 0.717) is 0 Å². The third-order valence-corrected chi connectivity index (χ3v) is 2.09. The first-order valence-corrected chi connectivity index (χ1v) is 4.61. The van der Waals surface area contributed by atoms with E-state index < -0.39 is 0 Å².